The van der Waals surface area contributed by atoms with E-state index in [9.17, 15) is 4.79 Å². The van der Waals surface area contributed by atoms with Crippen LogP contribution in [0.5, 0.6) is 0 Å². The minimum absolute atomic E-state index is 0.119. The Morgan fingerprint density at radius 1 is 1.83 bits per heavy atom. The van der Waals surface area contributed by atoms with Gasteiger partial charge in [-0.1, -0.05) is 0 Å². The molecule has 5 nitrogen and oxygen atoms in total. The van der Waals surface area contributed by atoms with Crippen LogP contribution in [0, 0.1) is 0 Å². The van der Waals surface area contributed by atoms with Gasteiger partial charge in [-0.25, -0.2) is 9.78 Å². The lowest BCUT2D eigenvalue weighted by molar-refractivity contribution is 0.208. The van der Waals surface area contributed by atoms with E-state index in [1.165, 1.54) is 0 Å². The molecule has 0 spiro atoms. The molecule has 0 bridgehead atoms. The quantitative estimate of drug-likeness (QED) is 0.661. The highest BCUT2D eigenvalue weighted by molar-refractivity contribution is 5.73. The maximum absolute atomic E-state index is 11.0. The van der Waals surface area contributed by atoms with Crippen LogP contribution in [0.4, 0.5) is 4.79 Å². The van der Waals surface area contributed by atoms with Crippen LogP contribution in [0.1, 0.15) is 5.82 Å². The number of aromatic amines is 1. The van der Waals surface area contributed by atoms with Crippen LogP contribution in [-0.2, 0) is 6.54 Å². The Morgan fingerprint density at radius 2 is 2.58 bits per heavy atom. The molecule has 0 unspecified atom stereocenters. The van der Waals surface area contributed by atoms with Crippen LogP contribution in [0.2, 0.25) is 0 Å². The summed E-state index contributed by atoms with van der Waals surface area (Å²) >= 11 is 0. The van der Waals surface area contributed by atoms with Crippen LogP contribution in [-0.4, -0.2) is 35.0 Å². The van der Waals surface area contributed by atoms with E-state index in [0.717, 1.165) is 5.82 Å². The summed E-state index contributed by atoms with van der Waals surface area (Å²) in [5, 5.41) is 2.52. The van der Waals surface area contributed by atoms with Gasteiger partial charge >= 0.3 is 6.03 Å². The van der Waals surface area contributed by atoms with E-state index < -0.39 is 0 Å². The molecule has 0 aliphatic rings. The molecule has 0 aromatic carbocycles. The van der Waals surface area contributed by atoms with Gasteiger partial charge in [-0.15, -0.1) is 0 Å². The summed E-state index contributed by atoms with van der Waals surface area (Å²) in [5.41, 5.74) is 0. The predicted molar refractivity (Wildman–Crippen MR) is 44.5 cm³/mol. The van der Waals surface area contributed by atoms with Gasteiger partial charge in [0.15, 0.2) is 0 Å². The second kappa shape index (κ2) is 3.75. The molecule has 0 saturated heterocycles. The highest BCUT2D eigenvalue weighted by atomic mass is 16.2. The third kappa shape index (κ3) is 1.98. The van der Waals surface area contributed by atoms with Crippen LogP contribution >= 0.6 is 0 Å². The minimum Gasteiger partial charge on any atom is -0.347 e. The van der Waals surface area contributed by atoms with Crippen molar-refractivity contribution < 1.29 is 4.79 Å². The van der Waals surface area contributed by atoms with Gasteiger partial charge in [0.25, 0.3) is 0 Å². The molecule has 1 aromatic heterocycles. The third-order valence-electron chi connectivity index (χ3n) is 1.50. The summed E-state index contributed by atoms with van der Waals surface area (Å²) in [5.74, 6) is 0.779. The molecule has 1 heterocycles. The maximum Gasteiger partial charge on any atom is 0.317 e. The fraction of sp³-hybridized carbons (Fsp3) is 0.429. The summed E-state index contributed by atoms with van der Waals surface area (Å²) < 4.78 is 0. The van der Waals surface area contributed by atoms with Crippen molar-refractivity contribution in [3.63, 3.8) is 0 Å². The molecule has 0 atom stereocenters. The summed E-state index contributed by atoms with van der Waals surface area (Å²) in [4.78, 5) is 19.5. The number of rotatable bonds is 2. The monoisotopic (exact) mass is 168 g/mol. The van der Waals surface area contributed by atoms with Gasteiger partial charge in [-0.3, -0.25) is 0 Å². The van der Waals surface area contributed by atoms with E-state index in [1.54, 1.807) is 31.4 Å². The van der Waals surface area contributed by atoms with E-state index in [0.29, 0.717) is 6.54 Å². The molecule has 1 aromatic rings. The minimum atomic E-state index is -0.119. The molecular formula is C7H12N4O. The van der Waals surface area contributed by atoms with Crippen molar-refractivity contribution in [3.05, 3.63) is 18.2 Å². The Morgan fingerprint density at radius 3 is 3.08 bits per heavy atom. The zero-order valence-electron chi connectivity index (χ0n) is 7.16. The first kappa shape index (κ1) is 8.58. The molecular weight excluding hydrogens is 156 g/mol. The molecule has 5 heteroatoms. The standard InChI is InChI=1S/C7H12N4O/c1-8-7(12)11(2)5-6-9-3-4-10-6/h3-4H,5H2,1-2H3,(H,8,12)(H,9,10). The molecule has 0 saturated carbocycles. The number of urea groups is 1. The molecule has 0 radical (unpaired) electrons. The SMILES string of the molecule is CNC(=O)N(C)Cc1ncc[nH]1. The maximum atomic E-state index is 11.0. The Balaban J connectivity index is 2.47. The smallest absolute Gasteiger partial charge is 0.317 e. The van der Waals surface area contributed by atoms with Crippen LogP contribution in [0.3, 0.4) is 0 Å². The molecule has 2 N–H and O–H groups in total. The number of amides is 2. The molecule has 0 aliphatic carbocycles. The van der Waals surface area contributed by atoms with Gasteiger partial charge in [-0.05, 0) is 0 Å². The number of hydrogen-bond acceptors (Lipinski definition) is 2. The van der Waals surface area contributed by atoms with Crippen molar-refractivity contribution in [2.75, 3.05) is 14.1 Å². The number of carbonyl (C=O) groups excluding carboxylic acids is 1. The average molecular weight is 168 g/mol. The Hall–Kier alpha value is -1.52. The van der Waals surface area contributed by atoms with Crippen LogP contribution < -0.4 is 5.32 Å². The molecule has 12 heavy (non-hydrogen) atoms. The second-order valence-electron chi connectivity index (χ2n) is 2.45. The molecule has 0 aliphatic heterocycles. The Labute approximate surface area is 70.8 Å². The molecule has 0 fully saturated rings. The van der Waals surface area contributed by atoms with Crippen LogP contribution in [0.15, 0.2) is 12.4 Å². The number of hydrogen-bond donors (Lipinski definition) is 2. The van der Waals surface area contributed by atoms with Gasteiger partial charge < -0.3 is 15.2 Å². The van der Waals surface area contributed by atoms with Gasteiger partial charge in [0, 0.05) is 26.5 Å². The van der Waals surface area contributed by atoms with E-state index >= 15 is 0 Å². The molecule has 2 amide bonds. The lowest BCUT2D eigenvalue weighted by Crippen LogP contribution is -2.34. The summed E-state index contributed by atoms with van der Waals surface area (Å²) in [6.07, 6.45) is 3.39. The fourth-order valence-electron chi connectivity index (χ4n) is 0.872. The van der Waals surface area contributed by atoms with Gasteiger partial charge in [0.1, 0.15) is 5.82 Å². The fourth-order valence-corrected chi connectivity index (χ4v) is 0.872. The number of nitrogens with one attached hydrogen (secondary N) is 2. The first-order chi connectivity index (χ1) is 5.74. The Bertz CT molecular complexity index is 244. The summed E-state index contributed by atoms with van der Waals surface area (Å²) in [6.45, 7) is 0.493. The first-order valence-electron chi connectivity index (χ1n) is 3.65. The normalized spacial score (nSPS) is 9.50. The summed E-state index contributed by atoms with van der Waals surface area (Å²) in [7, 11) is 3.31. The second-order valence-corrected chi connectivity index (χ2v) is 2.45. The van der Waals surface area contributed by atoms with E-state index in [1.807, 2.05) is 0 Å². The van der Waals surface area contributed by atoms with Crippen LogP contribution in [0.25, 0.3) is 0 Å². The average Bonchev–Trinajstić information content (AvgIpc) is 2.55. The molecule has 66 valence electrons. The van der Waals surface area contributed by atoms with Gasteiger partial charge in [0.05, 0.1) is 6.54 Å². The third-order valence-corrected chi connectivity index (χ3v) is 1.50. The zero-order chi connectivity index (χ0) is 8.97. The predicted octanol–water partition coefficient (Wildman–Crippen LogP) is 0.181. The van der Waals surface area contributed by atoms with Gasteiger partial charge in [-0.2, -0.15) is 0 Å². The van der Waals surface area contributed by atoms with E-state index in [2.05, 4.69) is 15.3 Å². The first-order valence-corrected chi connectivity index (χ1v) is 3.65. The number of H-pyrrole nitrogens is 1. The molecule has 1 rings (SSSR count). The highest BCUT2D eigenvalue weighted by Gasteiger charge is 2.06. The number of nitrogens with zero attached hydrogens (tertiary/aromatic N) is 2. The van der Waals surface area contributed by atoms with Crippen molar-refractivity contribution in [1.29, 1.82) is 0 Å². The zero-order valence-corrected chi connectivity index (χ0v) is 7.16. The van der Waals surface area contributed by atoms with Crippen molar-refractivity contribution in [2.24, 2.45) is 0 Å². The van der Waals surface area contributed by atoms with E-state index in [-0.39, 0.29) is 6.03 Å². The van der Waals surface area contributed by atoms with Crippen molar-refractivity contribution in [1.82, 2.24) is 20.2 Å². The largest absolute Gasteiger partial charge is 0.347 e. The van der Waals surface area contributed by atoms with Gasteiger partial charge in [0.2, 0.25) is 0 Å². The topological polar surface area (TPSA) is 61.0 Å². The van der Waals surface area contributed by atoms with E-state index in [4.69, 9.17) is 0 Å². The lowest BCUT2D eigenvalue weighted by Gasteiger charge is -2.14. The Kier molecular flexibility index (Phi) is 2.68. The van der Waals surface area contributed by atoms with Crippen molar-refractivity contribution in [3.8, 4) is 0 Å². The summed E-state index contributed by atoms with van der Waals surface area (Å²) in [6, 6.07) is -0.119. The highest BCUT2D eigenvalue weighted by Crippen LogP contribution is 1.94. The number of aromatic nitrogens is 2. The lowest BCUT2D eigenvalue weighted by atomic mass is 10.5. The van der Waals surface area contributed by atoms with Crippen molar-refractivity contribution in [2.45, 2.75) is 6.54 Å². The number of imidazole rings is 1. The number of carbonyl (C=O) groups is 1. The van der Waals surface area contributed by atoms with Crippen molar-refractivity contribution >= 4 is 6.03 Å².